The Hall–Kier alpha value is 3.21. The van der Waals surface area contributed by atoms with E-state index in [9.17, 15) is 0 Å². The van der Waals surface area contributed by atoms with Crippen LogP contribution in [0.4, 0.5) is 0 Å². The first-order valence-electron chi connectivity index (χ1n) is 13.5. The standard InChI is InChI=1S/C5H12O3.2C4H11O3P.2C4H10O3.C3H7O2P.CH3O.2CH4.H3P.2Y/c1-7-4-5(3-6)8-2;2*1-6-2-4(5)3-7-8;2*1-7-3-4(6)2-5;6-5-2-3-1-4-3;1-2;;;;;/h5-6H,3-4H2,1-2H3;2*4-5H,2-3,8H2,1H3;2*4-6H,2-3H2,1H3;3H,1-2,6H2;1H3;2*1H4;1H3;;/q;;;;;;-1;;;;;. The number of aliphatic hydroxyl groups is 7. The molecular weight excluding hydrogens is 914 g/mol. The Balaban J connectivity index is -0.0000000407. The van der Waals surface area contributed by atoms with E-state index >= 15 is 0 Å². The van der Waals surface area contributed by atoms with Crippen LogP contribution in [0.1, 0.15) is 14.9 Å². The van der Waals surface area contributed by atoms with Crippen LogP contribution in [0, 0.1) is 0 Å². The first-order chi connectivity index (χ1) is 22.0. The summed E-state index contributed by atoms with van der Waals surface area (Å²) in [5.41, 5.74) is 0. The molecule has 0 saturated carbocycles. The molecule has 1 aliphatic heterocycles. The SMILES string of the molecule is C.C.COCC(CO)OC.COCC(O)CO.COCC(O)CO.COCC(O)COP.COCC(O)COP.C[O-].P.POCC1CO1.[Y].[Y]. The summed E-state index contributed by atoms with van der Waals surface area (Å²) in [6, 6.07) is 0. The summed E-state index contributed by atoms with van der Waals surface area (Å²) < 4.78 is 46.2. The minimum Gasteiger partial charge on any atom is -0.857 e. The Morgan fingerprint density at radius 3 is 0.980 bits per heavy atom. The number of aliphatic hydroxyl groups excluding tert-OH is 7. The summed E-state index contributed by atoms with van der Waals surface area (Å²) in [7, 11) is 16.2. The number of hydrogen-bond donors (Lipinski definition) is 7. The van der Waals surface area contributed by atoms with E-state index in [1.54, 1.807) is 14.2 Å². The normalized spacial score (nSPS) is 14.1. The van der Waals surface area contributed by atoms with Crippen molar-refractivity contribution in [2.45, 2.75) is 51.5 Å². The third-order valence-electron chi connectivity index (χ3n) is 4.01. The van der Waals surface area contributed by atoms with Gasteiger partial charge in [0.15, 0.2) is 0 Å². The summed E-state index contributed by atoms with van der Waals surface area (Å²) in [4.78, 5) is 0. The van der Waals surface area contributed by atoms with Crippen LogP contribution in [0.3, 0.4) is 0 Å². The molecule has 0 aromatic carbocycles. The number of epoxide rings is 1. The van der Waals surface area contributed by atoms with Crippen molar-refractivity contribution in [1.82, 2.24) is 0 Å². The van der Waals surface area contributed by atoms with Crippen LogP contribution >= 0.6 is 38.3 Å². The zero-order valence-corrected chi connectivity index (χ0v) is 40.7. The summed E-state index contributed by atoms with van der Waals surface area (Å²) in [6.07, 6.45) is -2.20. The fourth-order valence-corrected chi connectivity index (χ4v) is 2.51. The topological polar surface area (TPSA) is 260 Å². The Kier molecular flexibility index (Phi) is 125. The summed E-state index contributed by atoms with van der Waals surface area (Å²) in [6.45, 7) is 3.30. The molecule has 10 unspecified atom stereocenters. The molecule has 0 aromatic heterocycles. The molecule has 18 nitrogen and oxygen atoms in total. The second-order valence-corrected chi connectivity index (χ2v) is 9.25. The summed E-state index contributed by atoms with van der Waals surface area (Å²) in [5.74, 6) is 0. The van der Waals surface area contributed by atoms with Gasteiger partial charge in [-0.1, -0.05) is 14.9 Å². The summed E-state index contributed by atoms with van der Waals surface area (Å²) >= 11 is 0. The van der Waals surface area contributed by atoms with Gasteiger partial charge in [-0.15, -0.1) is 0 Å². The largest absolute Gasteiger partial charge is 0.857 e. The molecule has 1 saturated heterocycles. The molecule has 0 aromatic rings. The molecule has 10 atom stereocenters. The van der Waals surface area contributed by atoms with Gasteiger partial charge in [0.2, 0.25) is 0 Å². The average Bonchev–Trinajstić information content (AvgIpc) is 3.87. The Labute approximate surface area is 369 Å². The zero-order valence-electron chi connectivity index (χ0n) is 30.2. The van der Waals surface area contributed by atoms with Crippen LogP contribution in [0.2, 0.25) is 0 Å². The molecule has 0 bridgehead atoms. The Morgan fingerprint density at radius 2 is 0.863 bits per heavy atom. The van der Waals surface area contributed by atoms with Crippen LogP contribution in [-0.2, 0) is 112 Å². The van der Waals surface area contributed by atoms with Crippen LogP contribution in [0.5, 0.6) is 0 Å². The average molecular weight is 990 g/mol. The fraction of sp³-hybridized carbons (Fsp3) is 1.00. The van der Waals surface area contributed by atoms with Gasteiger partial charge in [0.05, 0.1) is 79.3 Å². The molecule has 2 radical (unpaired) electrons. The van der Waals surface area contributed by atoms with Crippen LogP contribution in [0.25, 0.3) is 0 Å². The molecule has 318 valence electrons. The van der Waals surface area contributed by atoms with E-state index in [1.165, 1.54) is 28.4 Å². The molecule has 0 amide bonds. The first kappa shape index (κ1) is 82.2. The second kappa shape index (κ2) is 77.7. The molecule has 24 heteroatoms. The monoisotopic (exact) mass is 989 g/mol. The predicted molar refractivity (Wildman–Crippen MR) is 203 cm³/mol. The van der Waals surface area contributed by atoms with E-state index in [-0.39, 0.29) is 129 Å². The van der Waals surface area contributed by atoms with Gasteiger partial charge < -0.3 is 87.6 Å². The van der Waals surface area contributed by atoms with Crippen molar-refractivity contribution in [2.75, 3.05) is 129 Å². The van der Waals surface area contributed by atoms with Crippen molar-refractivity contribution >= 4 is 38.3 Å². The van der Waals surface area contributed by atoms with Gasteiger partial charge in [0, 0.05) is 136 Å². The summed E-state index contributed by atoms with van der Waals surface area (Å²) in [5, 5.41) is 67.5. The van der Waals surface area contributed by atoms with Crippen LogP contribution in [-0.4, -0.2) is 201 Å². The minimum atomic E-state index is -0.718. The minimum absolute atomic E-state index is 0. The van der Waals surface area contributed by atoms with Gasteiger partial charge in [-0.25, -0.2) is 0 Å². The third-order valence-corrected chi connectivity index (χ3v) is 4.59. The van der Waals surface area contributed by atoms with Crippen molar-refractivity contribution in [3.63, 3.8) is 0 Å². The van der Waals surface area contributed by atoms with Gasteiger partial charge in [0.25, 0.3) is 0 Å². The maximum atomic E-state index is 8.79. The quantitative estimate of drug-likeness (QED) is 0.0500. The molecule has 0 spiro atoms. The van der Waals surface area contributed by atoms with Gasteiger partial charge in [-0.3, -0.25) is 0 Å². The molecule has 51 heavy (non-hydrogen) atoms. The molecule has 1 aliphatic rings. The maximum Gasteiger partial charge on any atom is 0.105 e. The van der Waals surface area contributed by atoms with Crippen molar-refractivity contribution in [3.8, 4) is 0 Å². The van der Waals surface area contributed by atoms with Gasteiger partial charge in [-0.05, 0) is 0 Å². The predicted octanol–water partition coefficient (Wildman–Crippen LogP) is -2.29. The number of hydrogen-bond acceptors (Lipinski definition) is 18. The van der Waals surface area contributed by atoms with E-state index < -0.39 is 24.4 Å². The molecule has 1 rings (SSSR count). The van der Waals surface area contributed by atoms with Gasteiger partial charge in [0.1, 0.15) is 36.6 Å². The number of ether oxygens (including phenoxy) is 7. The maximum absolute atomic E-state index is 8.79. The molecule has 1 fully saturated rings. The van der Waals surface area contributed by atoms with Crippen LogP contribution < -0.4 is 5.11 Å². The number of rotatable bonds is 20. The van der Waals surface area contributed by atoms with Gasteiger partial charge >= 0.3 is 0 Å². The molecule has 7 N–H and O–H groups in total. The zero-order chi connectivity index (χ0) is 37.0. The molecular formula is C27H75O18P4Y2-. The molecule has 1 heterocycles. The Bertz CT molecular complexity index is 456. The molecule has 0 aliphatic carbocycles. The van der Waals surface area contributed by atoms with Gasteiger partial charge in [-0.2, -0.15) is 17.0 Å². The van der Waals surface area contributed by atoms with E-state index in [0.29, 0.717) is 39.1 Å². The Morgan fingerprint density at radius 1 is 0.569 bits per heavy atom. The van der Waals surface area contributed by atoms with E-state index in [0.717, 1.165) is 20.3 Å². The first-order valence-corrected chi connectivity index (χ1v) is 14.9. The van der Waals surface area contributed by atoms with Crippen molar-refractivity contribution in [2.24, 2.45) is 0 Å². The van der Waals surface area contributed by atoms with Crippen LogP contribution in [0.15, 0.2) is 0 Å². The number of methoxy groups -OCH3 is 6. The van der Waals surface area contributed by atoms with Crippen molar-refractivity contribution in [1.29, 1.82) is 0 Å². The van der Waals surface area contributed by atoms with E-state index in [4.69, 9.17) is 55.1 Å². The smallest absolute Gasteiger partial charge is 0.105 e. The fourth-order valence-electron chi connectivity index (χ4n) is 1.85. The van der Waals surface area contributed by atoms with Crippen molar-refractivity contribution < 1.29 is 153 Å². The second-order valence-electron chi connectivity index (χ2n) is 8.25. The third kappa shape index (κ3) is 95.6. The van der Waals surface area contributed by atoms with E-state index in [2.05, 4.69) is 60.9 Å². The van der Waals surface area contributed by atoms with E-state index in [1.807, 2.05) is 0 Å². The van der Waals surface area contributed by atoms with Crippen molar-refractivity contribution in [3.05, 3.63) is 0 Å².